The van der Waals surface area contributed by atoms with Crippen molar-refractivity contribution in [3.05, 3.63) is 11.5 Å². The average Bonchev–Trinajstić information content (AvgIpc) is 1.82. The zero-order valence-electron chi connectivity index (χ0n) is 5.88. The Bertz CT molecular complexity index is 292. The van der Waals surface area contributed by atoms with Gasteiger partial charge in [-0.3, -0.25) is 9.99 Å². The Morgan fingerprint density at radius 1 is 1.67 bits per heavy atom. The molecular formula is C3H8N5O3P. The minimum Gasteiger partial charge on any atom is -0.382 e. The van der Waals surface area contributed by atoms with E-state index in [1.807, 2.05) is 0 Å². The number of hydrazone groups is 1. The number of nitrogens with two attached hydrogens (primary N) is 2. The number of amidine groups is 1. The van der Waals surface area contributed by atoms with Gasteiger partial charge in [0.1, 0.15) is 11.3 Å². The minimum absolute atomic E-state index is 0.0745. The average molecular weight is 193 g/mol. The Hall–Kier alpha value is -1.08. The second-order valence-corrected chi connectivity index (χ2v) is 3.62. The molecule has 68 valence electrons. The fourth-order valence-corrected chi connectivity index (χ4v) is 1.15. The van der Waals surface area contributed by atoms with E-state index in [1.165, 1.54) is 0 Å². The van der Waals surface area contributed by atoms with Crippen molar-refractivity contribution in [3.8, 4) is 0 Å². The fourth-order valence-electron chi connectivity index (χ4n) is 0.617. The van der Waals surface area contributed by atoms with Crippen molar-refractivity contribution >= 4 is 13.4 Å². The lowest BCUT2D eigenvalue weighted by Gasteiger charge is -2.21. The molecule has 1 rings (SSSR count). The normalized spacial score (nSPS) is 18.1. The monoisotopic (exact) mass is 193 g/mol. The third-order valence-electron chi connectivity index (χ3n) is 1.05. The maximum atomic E-state index is 10.6. The van der Waals surface area contributed by atoms with Gasteiger partial charge in [0.15, 0.2) is 0 Å². The highest BCUT2D eigenvalue weighted by Gasteiger charge is 2.24. The van der Waals surface area contributed by atoms with Crippen molar-refractivity contribution in [2.45, 2.75) is 0 Å². The van der Waals surface area contributed by atoms with Crippen LogP contribution in [0.1, 0.15) is 0 Å². The lowest BCUT2D eigenvalue weighted by Crippen LogP contribution is -2.43. The first kappa shape index (κ1) is 9.01. The largest absolute Gasteiger partial charge is 0.382 e. The Morgan fingerprint density at radius 3 is 2.67 bits per heavy atom. The van der Waals surface area contributed by atoms with Gasteiger partial charge in [-0.25, -0.2) is 5.84 Å². The second-order valence-electron chi connectivity index (χ2n) is 2.05. The van der Waals surface area contributed by atoms with E-state index >= 15 is 0 Å². The molecule has 0 fully saturated rings. The Morgan fingerprint density at radius 2 is 2.25 bits per heavy atom. The van der Waals surface area contributed by atoms with E-state index < -0.39 is 7.60 Å². The van der Waals surface area contributed by atoms with Crippen LogP contribution >= 0.6 is 7.60 Å². The van der Waals surface area contributed by atoms with E-state index in [4.69, 9.17) is 21.4 Å². The molecule has 0 radical (unpaired) electrons. The summed E-state index contributed by atoms with van der Waals surface area (Å²) in [5.74, 6) is 5.01. The standard InChI is InChI=1S/C3H8N5O3P/c4-2-1-3(12(9,10)11)7-8(5)6-2/h1,7H,5H2,(H2,4,6)(H2,9,10,11). The summed E-state index contributed by atoms with van der Waals surface area (Å²) < 4.78 is 10.6. The van der Waals surface area contributed by atoms with Crippen molar-refractivity contribution in [2.24, 2.45) is 16.7 Å². The van der Waals surface area contributed by atoms with Gasteiger partial charge in [-0.15, -0.1) is 10.3 Å². The van der Waals surface area contributed by atoms with Crippen molar-refractivity contribution < 1.29 is 14.4 Å². The zero-order valence-corrected chi connectivity index (χ0v) is 6.77. The molecule has 0 bridgehead atoms. The summed E-state index contributed by atoms with van der Waals surface area (Å²) in [5, 5.41) is 4.05. The predicted octanol–water partition coefficient (Wildman–Crippen LogP) is -2.03. The summed E-state index contributed by atoms with van der Waals surface area (Å²) in [5.41, 5.74) is 6.93. The molecule has 1 aliphatic rings. The van der Waals surface area contributed by atoms with Crippen LogP contribution < -0.4 is 17.0 Å². The Kier molecular flexibility index (Phi) is 2.07. The summed E-state index contributed by atoms with van der Waals surface area (Å²) in [6, 6.07) is 0. The molecule has 0 atom stereocenters. The van der Waals surface area contributed by atoms with Crippen LogP contribution in [0.2, 0.25) is 0 Å². The van der Waals surface area contributed by atoms with Crippen LogP contribution in [-0.2, 0) is 4.57 Å². The molecule has 0 aromatic carbocycles. The molecule has 0 spiro atoms. The molecule has 8 nitrogen and oxygen atoms in total. The molecule has 0 aromatic rings. The summed E-state index contributed by atoms with van der Waals surface area (Å²) in [4.78, 5) is 17.3. The molecule has 0 amide bonds. The van der Waals surface area contributed by atoms with Crippen LogP contribution in [-0.4, -0.2) is 20.8 Å². The van der Waals surface area contributed by atoms with Gasteiger partial charge in [-0.05, 0) is 0 Å². The second kappa shape index (κ2) is 2.76. The van der Waals surface area contributed by atoms with Crippen molar-refractivity contribution in [2.75, 3.05) is 0 Å². The first-order chi connectivity index (χ1) is 5.39. The maximum absolute atomic E-state index is 10.6. The molecule has 1 heterocycles. The maximum Gasteiger partial charge on any atom is 0.373 e. The quantitative estimate of drug-likeness (QED) is 0.239. The number of hydrogen-bond donors (Lipinski definition) is 5. The highest BCUT2D eigenvalue weighted by atomic mass is 31.2. The van der Waals surface area contributed by atoms with Gasteiger partial charge in [0, 0.05) is 6.08 Å². The zero-order chi connectivity index (χ0) is 9.35. The third kappa shape index (κ3) is 1.95. The summed E-state index contributed by atoms with van der Waals surface area (Å²) >= 11 is 0. The number of hydrogen-bond acceptors (Lipinski definition) is 6. The summed E-state index contributed by atoms with van der Waals surface area (Å²) in [6.07, 6.45) is 1.02. The molecule has 7 N–H and O–H groups in total. The first-order valence-electron chi connectivity index (χ1n) is 2.83. The van der Waals surface area contributed by atoms with E-state index in [-0.39, 0.29) is 11.3 Å². The van der Waals surface area contributed by atoms with E-state index in [9.17, 15) is 4.57 Å². The van der Waals surface area contributed by atoms with Gasteiger partial charge in [0.2, 0.25) is 0 Å². The molecular weight excluding hydrogens is 185 g/mol. The van der Waals surface area contributed by atoms with E-state index in [1.54, 1.807) is 0 Å². The molecule has 0 unspecified atom stereocenters. The number of hydrazine groups is 2. The molecule has 0 saturated carbocycles. The van der Waals surface area contributed by atoms with E-state index in [2.05, 4.69) is 10.5 Å². The Balaban J connectivity index is 2.95. The van der Waals surface area contributed by atoms with Gasteiger partial charge < -0.3 is 15.5 Å². The molecule has 0 aromatic heterocycles. The molecule has 1 aliphatic heterocycles. The van der Waals surface area contributed by atoms with E-state index in [0.717, 1.165) is 6.08 Å². The summed E-state index contributed by atoms with van der Waals surface area (Å²) in [6.45, 7) is 0. The molecule has 0 saturated heterocycles. The highest BCUT2D eigenvalue weighted by Crippen LogP contribution is 2.43. The SMILES string of the molecule is NC1=NN(N)NC(P(=O)(O)O)=C1. The lowest BCUT2D eigenvalue weighted by molar-refractivity contribution is 0.225. The Labute approximate surface area is 67.6 Å². The van der Waals surface area contributed by atoms with Crippen LogP contribution in [0.4, 0.5) is 0 Å². The van der Waals surface area contributed by atoms with Crippen LogP contribution in [0, 0.1) is 0 Å². The van der Waals surface area contributed by atoms with Crippen LogP contribution in [0.3, 0.4) is 0 Å². The van der Waals surface area contributed by atoms with Crippen LogP contribution in [0.5, 0.6) is 0 Å². The number of nitrogens with one attached hydrogen (secondary N) is 1. The van der Waals surface area contributed by atoms with Gasteiger partial charge in [0.05, 0.1) is 0 Å². The minimum atomic E-state index is -4.35. The van der Waals surface area contributed by atoms with Gasteiger partial charge >= 0.3 is 7.60 Å². The predicted molar refractivity (Wildman–Crippen MR) is 40.9 cm³/mol. The van der Waals surface area contributed by atoms with Crippen molar-refractivity contribution in [3.63, 3.8) is 0 Å². The first-order valence-corrected chi connectivity index (χ1v) is 4.44. The topological polar surface area (TPSA) is 137 Å². The molecule has 12 heavy (non-hydrogen) atoms. The smallest absolute Gasteiger partial charge is 0.373 e. The van der Waals surface area contributed by atoms with Crippen LogP contribution in [0.15, 0.2) is 16.6 Å². The van der Waals surface area contributed by atoms with Crippen molar-refractivity contribution in [1.29, 1.82) is 0 Å². The van der Waals surface area contributed by atoms with Gasteiger partial charge in [-0.2, -0.15) is 0 Å². The van der Waals surface area contributed by atoms with E-state index in [0.29, 0.717) is 5.23 Å². The van der Waals surface area contributed by atoms with Crippen LogP contribution in [0.25, 0.3) is 0 Å². The lowest BCUT2D eigenvalue weighted by atomic mass is 10.5. The van der Waals surface area contributed by atoms with Gasteiger partial charge in [-0.1, -0.05) is 0 Å². The molecule has 0 aliphatic carbocycles. The number of rotatable bonds is 1. The fraction of sp³-hybridized carbons (Fsp3) is 0. The highest BCUT2D eigenvalue weighted by molar-refractivity contribution is 7.56. The van der Waals surface area contributed by atoms with Crippen molar-refractivity contribution in [1.82, 2.24) is 10.7 Å². The molecule has 9 heteroatoms. The summed E-state index contributed by atoms with van der Waals surface area (Å²) in [7, 11) is -4.35. The third-order valence-corrected chi connectivity index (χ3v) is 1.91. The number of nitrogens with zero attached hydrogens (tertiary/aromatic N) is 2. The van der Waals surface area contributed by atoms with Gasteiger partial charge in [0.25, 0.3) is 0 Å².